The monoisotopic (exact) mass is 1090 g/mol. The Balaban J connectivity index is 1.18. The molecule has 0 aliphatic carbocycles. The van der Waals surface area contributed by atoms with Gasteiger partial charge >= 0.3 is 29.1 Å². The number of anilines is 6. The molecule has 0 N–H and O–H groups in total. The Bertz CT molecular complexity index is 2720. The van der Waals surface area contributed by atoms with Crippen molar-refractivity contribution in [1.29, 1.82) is 0 Å². The fourth-order valence-corrected chi connectivity index (χ4v) is 15.5. The van der Waals surface area contributed by atoms with Crippen molar-refractivity contribution in [1.82, 2.24) is 0 Å². The fraction of sp³-hybridized carbons (Fsp3) is 0.424. The van der Waals surface area contributed by atoms with E-state index in [0.717, 1.165) is 67.5 Å². The quantitative estimate of drug-likeness (QED) is 0.0366. The largest absolute Gasteiger partial charge is 0.466 e. The van der Waals surface area contributed by atoms with Crippen LogP contribution in [0, 0.1) is 41.5 Å². The minimum absolute atomic E-state index is 0.0444. The first-order valence-electron chi connectivity index (χ1n) is 28.1. The van der Waals surface area contributed by atoms with E-state index in [2.05, 4.69) is 173 Å². The molecular weight excluding hydrogens is 1000 g/mol. The summed E-state index contributed by atoms with van der Waals surface area (Å²) < 4.78 is 36.1. The van der Waals surface area contributed by atoms with Gasteiger partial charge in [0.1, 0.15) is 0 Å². The van der Waals surface area contributed by atoms with Crippen LogP contribution in [0.1, 0.15) is 113 Å². The maximum absolute atomic E-state index is 12.9. The number of hydrogen-bond donors (Lipinski definition) is 0. The van der Waals surface area contributed by atoms with Crippen LogP contribution in [-0.4, -0.2) is 66.7 Å². The summed E-state index contributed by atoms with van der Waals surface area (Å²) in [5.74, 6) is -0.441. The molecule has 418 valence electrons. The molecular formula is C66H88N2O8Si2. The molecule has 10 nitrogen and oxygen atoms in total. The van der Waals surface area contributed by atoms with Gasteiger partial charge in [0.2, 0.25) is 0 Å². The van der Waals surface area contributed by atoms with E-state index in [0.29, 0.717) is 37.8 Å². The lowest BCUT2D eigenvalue weighted by Gasteiger charge is -2.30. The maximum atomic E-state index is 12.9. The highest BCUT2D eigenvalue weighted by molar-refractivity contribution is 6.66. The highest BCUT2D eigenvalue weighted by Gasteiger charge is 2.35. The van der Waals surface area contributed by atoms with Crippen molar-refractivity contribution >= 4 is 63.2 Å². The number of benzene rings is 6. The van der Waals surface area contributed by atoms with Crippen LogP contribution >= 0.6 is 0 Å². The summed E-state index contributed by atoms with van der Waals surface area (Å²) >= 11 is 0. The Morgan fingerprint density at radius 2 is 0.718 bits per heavy atom. The molecule has 0 aliphatic heterocycles. The van der Waals surface area contributed by atoms with Gasteiger partial charge in [-0.2, -0.15) is 0 Å². The zero-order valence-corrected chi connectivity index (χ0v) is 51.7. The molecule has 0 heterocycles. The standard InChI is InChI=1S/C66H88N2O8Si2/c1-45(2)73-77(15,74-46(3)4)39-37-71-65(69)35-23-55-19-29-59(30-20-55)67(61-27-17-49(9)51(11)43-61)63-33-25-57(41-53(63)13)58-26-34-64(54(14)42-58)68(62-28-18-50(10)52(12)44-62)60-31-21-56(22-32-60)24-36-66(70)72-38-40-78(16,75-47(5)6)76-48(7)8/h17-22,25-34,41-48H,23-24,35-40H2,1-16H3. The molecule has 0 atom stereocenters. The number of rotatable bonds is 27. The van der Waals surface area contributed by atoms with E-state index in [4.69, 9.17) is 27.2 Å². The second-order valence-electron chi connectivity index (χ2n) is 22.4. The Hall–Kier alpha value is -5.87. The van der Waals surface area contributed by atoms with Gasteiger partial charge in [0.25, 0.3) is 0 Å². The average molecular weight is 1090 g/mol. The van der Waals surface area contributed by atoms with Gasteiger partial charge in [-0.25, -0.2) is 0 Å². The van der Waals surface area contributed by atoms with E-state index in [1.54, 1.807) is 0 Å². The van der Waals surface area contributed by atoms with Crippen LogP contribution in [0.25, 0.3) is 11.1 Å². The number of esters is 2. The molecule has 78 heavy (non-hydrogen) atoms. The Morgan fingerprint density at radius 3 is 1.01 bits per heavy atom. The lowest BCUT2D eigenvalue weighted by Crippen LogP contribution is -2.44. The van der Waals surface area contributed by atoms with Crippen molar-refractivity contribution in [2.75, 3.05) is 23.0 Å². The molecule has 6 rings (SSSR count). The molecule has 0 saturated carbocycles. The number of carbonyl (C=O) groups is 2. The van der Waals surface area contributed by atoms with Gasteiger partial charge in [0, 0.05) is 83.5 Å². The third kappa shape index (κ3) is 17.6. The number of hydrogen-bond acceptors (Lipinski definition) is 10. The van der Waals surface area contributed by atoms with Crippen LogP contribution in [-0.2, 0) is 49.6 Å². The van der Waals surface area contributed by atoms with Gasteiger partial charge in [-0.1, -0.05) is 48.5 Å². The molecule has 6 aromatic carbocycles. The molecule has 0 amide bonds. The molecule has 0 aromatic heterocycles. The fourth-order valence-electron chi connectivity index (χ4n) is 10.0. The van der Waals surface area contributed by atoms with Gasteiger partial charge in [0.15, 0.2) is 0 Å². The summed E-state index contributed by atoms with van der Waals surface area (Å²) in [5, 5.41) is 0. The maximum Gasteiger partial charge on any atom is 0.338 e. The molecule has 0 saturated heterocycles. The van der Waals surface area contributed by atoms with Gasteiger partial charge in [0.05, 0.1) is 13.2 Å². The molecule has 0 spiro atoms. The van der Waals surface area contributed by atoms with Crippen LogP contribution < -0.4 is 9.80 Å². The lowest BCUT2D eigenvalue weighted by atomic mass is 9.98. The summed E-state index contributed by atoms with van der Waals surface area (Å²) in [6.45, 7) is 33.7. The molecule has 0 unspecified atom stereocenters. The zero-order chi connectivity index (χ0) is 56.9. The highest BCUT2D eigenvalue weighted by Crippen LogP contribution is 2.42. The van der Waals surface area contributed by atoms with Crippen molar-refractivity contribution in [3.63, 3.8) is 0 Å². The van der Waals surface area contributed by atoms with Crippen molar-refractivity contribution < 1.29 is 36.8 Å². The van der Waals surface area contributed by atoms with E-state index < -0.39 is 17.1 Å². The van der Waals surface area contributed by atoms with E-state index in [-0.39, 0.29) is 49.6 Å². The van der Waals surface area contributed by atoms with E-state index in [1.165, 1.54) is 22.3 Å². The normalized spacial score (nSPS) is 12.0. The average Bonchev–Trinajstić information content (AvgIpc) is 3.47. The Morgan fingerprint density at radius 1 is 0.397 bits per heavy atom. The van der Waals surface area contributed by atoms with Gasteiger partial charge in [-0.15, -0.1) is 0 Å². The third-order valence-electron chi connectivity index (χ3n) is 13.9. The topological polar surface area (TPSA) is 96.0 Å². The first kappa shape index (κ1) is 61.3. The summed E-state index contributed by atoms with van der Waals surface area (Å²) in [6.07, 6.45) is 1.92. The summed E-state index contributed by atoms with van der Waals surface area (Å²) in [4.78, 5) is 30.5. The predicted molar refractivity (Wildman–Crippen MR) is 326 cm³/mol. The van der Waals surface area contributed by atoms with Crippen molar-refractivity contribution in [3.05, 3.63) is 166 Å². The molecule has 6 aromatic rings. The predicted octanol–water partition coefficient (Wildman–Crippen LogP) is 16.9. The second kappa shape index (κ2) is 27.8. The Kier molecular flexibility index (Phi) is 21.9. The Labute approximate surface area is 469 Å². The summed E-state index contributed by atoms with van der Waals surface area (Å²) in [5.41, 5.74) is 18.0. The second-order valence-corrected chi connectivity index (χ2v) is 28.9. The van der Waals surface area contributed by atoms with Crippen LogP contribution in [0.15, 0.2) is 121 Å². The van der Waals surface area contributed by atoms with E-state index in [1.807, 2.05) is 68.5 Å². The van der Waals surface area contributed by atoms with Gasteiger partial charge < -0.3 is 37.0 Å². The number of aryl methyl sites for hydroxylation is 8. The minimum Gasteiger partial charge on any atom is -0.466 e. The van der Waals surface area contributed by atoms with Crippen molar-refractivity contribution in [2.45, 2.75) is 172 Å². The highest BCUT2D eigenvalue weighted by atomic mass is 28.4. The SMILES string of the molecule is Cc1ccc(N(c2ccc(CCC(=O)OCC[Si](C)(OC(C)C)OC(C)C)cc2)c2ccc(-c3ccc(N(c4ccc(CCC(=O)OCC[Si](C)(OC(C)C)OC(C)C)cc4)c4ccc(C)c(C)c4)c(C)c3)cc2C)cc1C. The number of nitrogens with zero attached hydrogens (tertiary/aromatic N) is 2. The van der Waals surface area contributed by atoms with Crippen LogP contribution in [0.3, 0.4) is 0 Å². The molecule has 0 fully saturated rings. The van der Waals surface area contributed by atoms with Crippen LogP contribution in [0.4, 0.5) is 34.1 Å². The van der Waals surface area contributed by atoms with E-state index >= 15 is 0 Å². The van der Waals surface area contributed by atoms with Crippen molar-refractivity contribution in [3.8, 4) is 11.1 Å². The first-order chi connectivity index (χ1) is 36.9. The summed E-state index contributed by atoms with van der Waals surface area (Å²) in [6, 6.07) is 44.9. The van der Waals surface area contributed by atoms with Crippen molar-refractivity contribution in [2.24, 2.45) is 0 Å². The zero-order valence-electron chi connectivity index (χ0n) is 49.7. The summed E-state index contributed by atoms with van der Waals surface area (Å²) in [7, 11) is -4.96. The molecule has 0 radical (unpaired) electrons. The number of ether oxygens (including phenoxy) is 2. The molecule has 12 heteroatoms. The van der Waals surface area contributed by atoms with Gasteiger partial charge in [-0.05, 0) is 251 Å². The number of carbonyl (C=O) groups excluding carboxylic acids is 2. The van der Waals surface area contributed by atoms with Gasteiger partial charge in [-0.3, -0.25) is 9.59 Å². The first-order valence-corrected chi connectivity index (χ1v) is 33.1. The molecule has 0 aliphatic rings. The smallest absolute Gasteiger partial charge is 0.338 e. The van der Waals surface area contributed by atoms with E-state index in [9.17, 15) is 9.59 Å². The third-order valence-corrected chi connectivity index (χ3v) is 20.0. The molecule has 0 bridgehead atoms. The minimum atomic E-state index is -2.48. The van der Waals surface area contributed by atoms with Crippen LogP contribution in [0.5, 0.6) is 0 Å². The van der Waals surface area contributed by atoms with Crippen LogP contribution in [0.2, 0.25) is 25.2 Å². The lowest BCUT2D eigenvalue weighted by molar-refractivity contribution is -0.144.